The smallest absolute Gasteiger partial charge is 0.0411 e. The quantitative estimate of drug-likeness (QED) is 0.637. The van der Waals surface area contributed by atoms with Crippen LogP contribution in [0.5, 0.6) is 0 Å². The molecule has 19 heavy (non-hydrogen) atoms. The van der Waals surface area contributed by atoms with Crippen molar-refractivity contribution in [2.45, 2.75) is 6.42 Å². The third-order valence-corrected chi connectivity index (χ3v) is 3.06. The molecule has 0 heterocycles. The highest BCUT2D eigenvalue weighted by molar-refractivity contribution is 6.31. The van der Waals surface area contributed by atoms with Crippen molar-refractivity contribution in [2.75, 3.05) is 0 Å². The molecule has 0 aromatic heterocycles. The Morgan fingerprint density at radius 3 is 1.63 bits per heavy atom. The number of benzene rings is 2. The molecule has 96 valence electrons. The first-order valence-electron chi connectivity index (χ1n) is 6.08. The molecule has 0 aliphatic carbocycles. The van der Waals surface area contributed by atoms with Crippen molar-refractivity contribution < 1.29 is 0 Å². The van der Waals surface area contributed by atoms with Crippen LogP contribution in [0.4, 0.5) is 0 Å². The minimum absolute atomic E-state index is 0.761. The zero-order chi connectivity index (χ0) is 13.5. The van der Waals surface area contributed by atoms with Crippen LogP contribution in [0.3, 0.4) is 0 Å². The Labute approximate surface area is 124 Å². The van der Waals surface area contributed by atoms with E-state index in [0.717, 1.165) is 27.6 Å². The molecule has 0 bridgehead atoms. The first-order chi connectivity index (χ1) is 9.24. The Morgan fingerprint density at radius 1 is 0.737 bits per heavy atom. The van der Waals surface area contributed by atoms with Gasteiger partial charge in [0.25, 0.3) is 0 Å². The van der Waals surface area contributed by atoms with E-state index >= 15 is 0 Å². The van der Waals surface area contributed by atoms with E-state index in [9.17, 15) is 0 Å². The Bertz CT molecular complexity index is 544. The van der Waals surface area contributed by atoms with Crippen molar-refractivity contribution in [2.24, 2.45) is 0 Å². The van der Waals surface area contributed by atoms with Gasteiger partial charge in [-0.3, -0.25) is 0 Å². The summed E-state index contributed by atoms with van der Waals surface area (Å²) in [5.41, 5.74) is 2.23. The highest BCUT2D eigenvalue weighted by Crippen LogP contribution is 2.13. The molecule has 0 fully saturated rings. The third-order valence-electron chi connectivity index (χ3n) is 2.59. The maximum Gasteiger partial charge on any atom is 0.0411 e. The second kappa shape index (κ2) is 7.18. The van der Waals surface area contributed by atoms with Crippen LogP contribution in [-0.4, -0.2) is 0 Å². The van der Waals surface area contributed by atoms with Crippen molar-refractivity contribution in [3.05, 3.63) is 81.9 Å². The molecule has 2 aromatic carbocycles. The monoisotopic (exact) mass is 288 g/mol. The predicted molar refractivity (Wildman–Crippen MR) is 85.6 cm³/mol. The zero-order valence-corrected chi connectivity index (χ0v) is 11.9. The molecule has 0 N–H and O–H groups in total. The van der Waals surface area contributed by atoms with Gasteiger partial charge in [0, 0.05) is 10.0 Å². The molecular weight excluding hydrogens is 275 g/mol. The van der Waals surface area contributed by atoms with Crippen LogP contribution in [0.2, 0.25) is 10.0 Å². The van der Waals surface area contributed by atoms with Gasteiger partial charge in [-0.2, -0.15) is 0 Å². The van der Waals surface area contributed by atoms with Gasteiger partial charge in [-0.25, -0.2) is 0 Å². The van der Waals surface area contributed by atoms with Gasteiger partial charge in [-0.15, -0.1) is 0 Å². The maximum absolute atomic E-state index is 5.92. The van der Waals surface area contributed by atoms with Crippen LogP contribution in [-0.2, 0) is 0 Å². The van der Waals surface area contributed by atoms with Crippen LogP contribution < -0.4 is 0 Å². The van der Waals surface area contributed by atoms with E-state index in [1.54, 1.807) is 0 Å². The summed E-state index contributed by atoms with van der Waals surface area (Å²) in [4.78, 5) is 0. The van der Waals surface area contributed by atoms with E-state index in [1.165, 1.54) is 0 Å². The van der Waals surface area contributed by atoms with Gasteiger partial charge in [-0.1, -0.05) is 71.8 Å². The van der Waals surface area contributed by atoms with Crippen LogP contribution in [0.1, 0.15) is 17.5 Å². The van der Waals surface area contributed by atoms with E-state index in [2.05, 4.69) is 24.3 Å². The van der Waals surface area contributed by atoms with Gasteiger partial charge in [0.2, 0.25) is 0 Å². The molecule has 2 heteroatoms. The maximum atomic E-state index is 5.92. The molecule has 0 atom stereocenters. The summed E-state index contributed by atoms with van der Waals surface area (Å²) in [5.74, 6) is 0. The molecule has 0 saturated carbocycles. The van der Waals surface area contributed by atoms with E-state index in [4.69, 9.17) is 23.2 Å². The molecule has 2 aromatic rings. The summed E-state index contributed by atoms with van der Waals surface area (Å²) in [6, 6.07) is 15.6. The van der Waals surface area contributed by atoms with Crippen LogP contribution in [0.15, 0.2) is 60.7 Å². The molecule has 0 aliphatic heterocycles. The summed E-state index contributed by atoms with van der Waals surface area (Å²) in [7, 11) is 0. The largest absolute Gasteiger partial charge is 0.0843 e. The number of allylic oxidation sites excluding steroid dienone is 2. The second-order valence-corrected chi connectivity index (χ2v) is 5.02. The van der Waals surface area contributed by atoms with Gasteiger partial charge in [-0.05, 0) is 41.8 Å². The van der Waals surface area contributed by atoms with Crippen molar-refractivity contribution in [3.63, 3.8) is 0 Å². The van der Waals surface area contributed by atoms with Crippen molar-refractivity contribution in [1.29, 1.82) is 0 Å². The molecule has 0 amide bonds. The molecule has 0 radical (unpaired) electrons. The van der Waals surface area contributed by atoms with E-state index in [0.29, 0.717) is 0 Å². The highest BCUT2D eigenvalue weighted by atomic mass is 35.5. The van der Waals surface area contributed by atoms with Crippen LogP contribution >= 0.6 is 23.2 Å². The average Bonchev–Trinajstić information content (AvgIpc) is 2.38. The standard InChI is InChI=1S/C17H14Cl2/c18-16-10-4-8-14(12-16)6-2-1-3-7-15-9-5-11-17(19)13-15/h2-13H,1H2. The lowest BCUT2D eigenvalue weighted by atomic mass is 10.1. The lowest BCUT2D eigenvalue weighted by Gasteiger charge is -1.94. The van der Waals surface area contributed by atoms with Gasteiger partial charge in [0.15, 0.2) is 0 Å². The van der Waals surface area contributed by atoms with Crippen molar-refractivity contribution >= 4 is 35.4 Å². The second-order valence-electron chi connectivity index (χ2n) is 4.15. The number of hydrogen-bond donors (Lipinski definition) is 0. The molecule has 0 nitrogen and oxygen atoms in total. The first kappa shape index (κ1) is 13.9. The fourth-order valence-corrected chi connectivity index (χ4v) is 2.10. The summed E-state index contributed by atoms with van der Waals surface area (Å²) < 4.78 is 0. The fraction of sp³-hybridized carbons (Fsp3) is 0.0588. The molecule has 0 aliphatic rings. The molecular formula is C17H14Cl2. The topological polar surface area (TPSA) is 0 Å². The average molecular weight is 289 g/mol. The minimum atomic E-state index is 0.761. The first-order valence-corrected chi connectivity index (χ1v) is 6.84. The third kappa shape index (κ3) is 4.94. The fourth-order valence-electron chi connectivity index (χ4n) is 1.71. The number of hydrogen-bond acceptors (Lipinski definition) is 0. The summed E-state index contributed by atoms with van der Waals surface area (Å²) in [6.45, 7) is 0. The lowest BCUT2D eigenvalue weighted by Crippen LogP contribution is -1.72. The Morgan fingerprint density at radius 2 is 1.21 bits per heavy atom. The SMILES string of the molecule is Clc1cccc(C=CCC=Cc2cccc(Cl)c2)c1. The van der Waals surface area contributed by atoms with E-state index in [1.807, 2.05) is 48.5 Å². The van der Waals surface area contributed by atoms with E-state index < -0.39 is 0 Å². The van der Waals surface area contributed by atoms with Gasteiger partial charge in [0.1, 0.15) is 0 Å². The molecule has 0 saturated heterocycles. The molecule has 0 unspecified atom stereocenters. The van der Waals surface area contributed by atoms with Crippen LogP contribution in [0.25, 0.3) is 12.2 Å². The van der Waals surface area contributed by atoms with E-state index in [-0.39, 0.29) is 0 Å². The predicted octanol–water partition coefficient (Wildman–Crippen LogP) is 6.11. The molecule has 0 spiro atoms. The minimum Gasteiger partial charge on any atom is -0.0843 e. The summed E-state index contributed by atoms with van der Waals surface area (Å²) >= 11 is 11.8. The Hall–Kier alpha value is -1.50. The van der Waals surface area contributed by atoms with Crippen molar-refractivity contribution in [1.82, 2.24) is 0 Å². The zero-order valence-electron chi connectivity index (χ0n) is 10.4. The van der Waals surface area contributed by atoms with Gasteiger partial charge < -0.3 is 0 Å². The summed E-state index contributed by atoms with van der Waals surface area (Å²) in [5, 5.41) is 1.52. The Kier molecular flexibility index (Phi) is 5.26. The van der Waals surface area contributed by atoms with Crippen LogP contribution in [0, 0.1) is 0 Å². The van der Waals surface area contributed by atoms with Crippen molar-refractivity contribution in [3.8, 4) is 0 Å². The van der Waals surface area contributed by atoms with Gasteiger partial charge >= 0.3 is 0 Å². The number of rotatable bonds is 4. The summed E-state index contributed by atoms with van der Waals surface area (Å²) in [6.07, 6.45) is 9.21. The normalized spacial score (nSPS) is 11.5. The lowest BCUT2D eigenvalue weighted by molar-refractivity contribution is 1.42. The Balaban J connectivity index is 1.90. The highest BCUT2D eigenvalue weighted by Gasteiger charge is 1.89. The number of halogens is 2. The molecule has 2 rings (SSSR count). The van der Waals surface area contributed by atoms with Gasteiger partial charge in [0.05, 0.1) is 0 Å².